The maximum absolute atomic E-state index is 5.19. The van der Waals surface area contributed by atoms with Crippen molar-refractivity contribution in [3.8, 4) is 67.7 Å². The number of benzene rings is 6. The minimum absolute atomic E-state index is 0.600. The van der Waals surface area contributed by atoms with Crippen LogP contribution in [0.2, 0.25) is 0 Å². The Kier molecular flexibility index (Phi) is 7.92. The van der Waals surface area contributed by atoms with Crippen LogP contribution in [0.5, 0.6) is 0 Å². The number of hydrogen-bond donors (Lipinski definition) is 0. The van der Waals surface area contributed by atoms with Crippen molar-refractivity contribution in [3.63, 3.8) is 0 Å². The van der Waals surface area contributed by atoms with E-state index in [4.69, 9.17) is 29.9 Å². The van der Waals surface area contributed by atoms with Crippen LogP contribution in [0, 0.1) is 6.92 Å². The van der Waals surface area contributed by atoms with Gasteiger partial charge in [0.1, 0.15) is 0 Å². The fraction of sp³-hybridized carbons (Fsp3) is 0.0204. The zero-order chi connectivity index (χ0) is 36.7. The molecule has 0 saturated heterocycles. The highest BCUT2D eigenvalue weighted by Gasteiger charge is 2.16. The molecule has 0 unspecified atom stereocenters. The first-order valence-corrected chi connectivity index (χ1v) is 18.3. The van der Waals surface area contributed by atoms with Gasteiger partial charge >= 0.3 is 0 Å². The van der Waals surface area contributed by atoms with Gasteiger partial charge in [-0.3, -0.25) is 9.97 Å². The normalized spacial score (nSPS) is 11.4. The van der Waals surface area contributed by atoms with Crippen molar-refractivity contribution in [2.45, 2.75) is 6.92 Å². The van der Waals surface area contributed by atoms with Crippen LogP contribution in [-0.2, 0) is 0 Å². The van der Waals surface area contributed by atoms with E-state index in [0.29, 0.717) is 17.5 Å². The molecule has 0 atom stereocenters. The molecule has 0 spiro atoms. The van der Waals surface area contributed by atoms with E-state index in [0.717, 1.165) is 88.6 Å². The number of nitrogens with zero attached hydrogens (tertiary/aromatic N) is 6. The fourth-order valence-electron chi connectivity index (χ4n) is 7.28. The Morgan fingerprint density at radius 2 is 0.945 bits per heavy atom. The van der Waals surface area contributed by atoms with Crippen LogP contribution in [0.15, 0.2) is 176 Å². The lowest BCUT2D eigenvalue weighted by atomic mass is 9.96. The molecule has 10 rings (SSSR count). The van der Waals surface area contributed by atoms with E-state index in [2.05, 4.69) is 109 Å². The minimum atomic E-state index is 0.600. The van der Waals surface area contributed by atoms with Gasteiger partial charge in [-0.25, -0.2) is 19.9 Å². The molecular weight excluding hydrogens is 673 g/mol. The average molecular weight is 705 g/mol. The second-order valence-corrected chi connectivity index (χ2v) is 13.6. The molecule has 0 aliphatic heterocycles. The highest BCUT2D eigenvalue weighted by molar-refractivity contribution is 6.09. The Hall–Kier alpha value is -7.44. The van der Waals surface area contributed by atoms with Crippen molar-refractivity contribution in [3.05, 3.63) is 182 Å². The first-order chi connectivity index (χ1) is 27.1. The van der Waals surface area contributed by atoms with Gasteiger partial charge in [-0.05, 0) is 47.9 Å². The summed E-state index contributed by atoms with van der Waals surface area (Å²) in [5, 5.41) is 3.21. The maximum atomic E-state index is 5.19. The number of pyridine rings is 3. The van der Waals surface area contributed by atoms with Gasteiger partial charge in [-0.2, -0.15) is 0 Å². The first kappa shape index (κ1) is 32.2. The Bertz CT molecular complexity index is 3030. The van der Waals surface area contributed by atoms with Crippen LogP contribution in [0.1, 0.15) is 5.69 Å². The predicted octanol–water partition coefficient (Wildman–Crippen LogP) is 11.8. The first-order valence-electron chi connectivity index (χ1n) is 18.3. The Morgan fingerprint density at radius 1 is 0.345 bits per heavy atom. The molecule has 0 N–H and O–H groups in total. The lowest BCUT2D eigenvalue weighted by molar-refractivity contribution is 1.07. The molecule has 0 aliphatic carbocycles. The third kappa shape index (κ3) is 6.06. The van der Waals surface area contributed by atoms with Gasteiger partial charge in [0.2, 0.25) is 0 Å². The molecule has 4 aromatic heterocycles. The molecule has 0 bridgehead atoms. The van der Waals surface area contributed by atoms with Crippen LogP contribution in [0.25, 0.3) is 100 Å². The van der Waals surface area contributed by atoms with Gasteiger partial charge in [0.25, 0.3) is 0 Å². The van der Waals surface area contributed by atoms with Crippen LogP contribution < -0.4 is 0 Å². The standard InChI is InChI=1S/C49H32N6/c1-31-20-21-35-26-27-41-42(30-43(33-11-4-2-5-12-33)52-46(41)45(35)51-31)32-22-24-37(25-23-32)48-53-47(36-13-6-3-7-14-36)54-49(55-48)39-17-8-16-38(29-39)40-19-9-15-34-18-10-28-50-44(34)40/h2-30H,1H3. The molecule has 6 heteroatoms. The molecule has 258 valence electrons. The molecule has 0 amide bonds. The summed E-state index contributed by atoms with van der Waals surface area (Å²) < 4.78 is 0. The van der Waals surface area contributed by atoms with Crippen molar-refractivity contribution in [1.82, 2.24) is 29.9 Å². The van der Waals surface area contributed by atoms with Crippen LogP contribution in [0.3, 0.4) is 0 Å². The zero-order valence-corrected chi connectivity index (χ0v) is 29.9. The number of aryl methyl sites for hydroxylation is 1. The van der Waals surface area contributed by atoms with Gasteiger partial charge in [0.15, 0.2) is 17.5 Å². The molecule has 0 fully saturated rings. The topological polar surface area (TPSA) is 77.3 Å². The summed E-state index contributed by atoms with van der Waals surface area (Å²) in [5.74, 6) is 1.82. The molecule has 0 saturated carbocycles. The summed E-state index contributed by atoms with van der Waals surface area (Å²) in [4.78, 5) is 30.0. The summed E-state index contributed by atoms with van der Waals surface area (Å²) >= 11 is 0. The molecule has 10 aromatic rings. The van der Waals surface area contributed by atoms with Crippen LogP contribution >= 0.6 is 0 Å². The Labute approximate surface area is 318 Å². The van der Waals surface area contributed by atoms with Crippen molar-refractivity contribution in [2.24, 2.45) is 0 Å². The van der Waals surface area contributed by atoms with E-state index >= 15 is 0 Å². The van der Waals surface area contributed by atoms with Crippen LogP contribution in [-0.4, -0.2) is 29.9 Å². The number of rotatable bonds is 6. The quantitative estimate of drug-likeness (QED) is 0.160. The van der Waals surface area contributed by atoms with Crippen molar-refractivity contribution in [1.29, 1.82) is 0 Å². The molecule has 6 aromatic carbocycles. The third-order valence-electron chi connectivity index (χ3n) is 10.0. The number of para-hydroxylation sites is 1. The summed E-state index contributed by atoms with van der Waals surface area (Å²) in [6.45, 7) is 2.02. The van der Waals surface area contributed by atoms with Crippen molar-refractivity contribution < 1.29 is 0 Å². The lowest BCUT2D eigenvalue weighted by Crippen LogP contribution is -2.00. The third-order valence-corrected chi connectivity index (χ3v) is 10.0. The van der Waals surface area contributed by atoms with Gasteiger partial charge in [-0.1, -0.05) is 146 Å². The molecule has 4 heterocycles. The maximum Gasteiger partial charge on any atom is 0.164 e. The van der Waals surface area contributed by atoms with E-state index < -0.39 is 0 Å². The van der Waals surface area contributed by atoms with E-state index in [1.54, 1.807) is 0 Å². The fourth-order valence-corrected chi connectivity index (χ4v) is 7.28. The van der Waals surface area contributed by atoms with Crippen molar-refractivity contribution in [2.75, 3.05) is 0 Å². The number of hydrogen-bond acceptors (Lipinski definition) is 6. The van der Waals surface area contributed by atoms with Crippen LogP contribution in [0.4, 0.5) is 0 Å². The molecule has 55 heavy (non-hydrogen) atoms. The second kappa shape index (κ2) is 13.5. The van der Waals surface area contributed by atoms with Crippen molar-refractivity contribution >= 4 is 32.7 Å². The molecule has 0 radical (unpaired) electrons. The lowest BCUT2D eigenvalue weighted by Gasteiger charge is -2.13. The molecule has 6 nitrogen and oxygen atoms in total. The van der Waals surface area contributed by atoms with E-state index in [1.165, 1.54) is 0 Å². The second-order valence-electron chi connectivity index (χ2n) is 13.6. The summed E-state index contributed by atoms with van der Waals surface area (Å²) in [6, 6.07) is 58.2. The Morgan fingerprint density at radius 3 is 1.73 bits per heavy atom. The van der Waals surface area contributed by atoms with Gasteiger partial charge in [0, 0.05) is 55.9 Å². The van der Waals surface area contributed by atoms with E-state index in [-0.39, 0.29) is 0 Å². The number of aromatic nitrogens is 6. The zero-order valence-electron chi connectivity index (χ0n) is 29.9. The van der Waals surface area contributed by atoms with Gasteiger partial charge < -0.3 is 0 Å². The minimum Gasteiger partial charge on any atom is -0.256 e. The van der Waals surface area contributed by atoms with E-state index in [9.17, 15) is 0 Å². The molecule has 0 aliphatic rings. The SMILES string of the molecule is Cc1ccc2ccc3c(-c4ccc(-c5nc(-c6ccccc6)nc(-c6cccc(-c7cccc8cccnc78)c6)n5)cc4)cc(-c4ccccc4)nc3c2n1. The highest BCUT2D eigenvalue weighted by Crippen LogP contribution is 2.37. The predicted molar refractivity (Wildman–Crippen MR) is 223 cm³/mol. The summed E-state index contributed by atoms with van der Waals surface area (Å²) in [5.41, 5.74) is 12.6. The smallest absolute Gasteiger partial charge is 0.164 e. The van der Waals surface area contributed by atoms with Gasteiger partial charge in [-0.15, -0.1) is 0 Å². The summed E-state index contributed by atoms with van der Waals surface area (Å²) in [7, 11) is 0. The number of fused-ring (bicyclic) bond motifs is 4. The molecular formula is C49H32N6. The Balaban J connectivity index is 1.10. The largest absolute Gasteiger partial charge is 0.256 e. The summed E-state index contributed by atoms with van der Waals surface area (Å²) in [6.07, 6.45) is 1.84. The average Bonchev–Trinajstić information content (AvgIpc) is 3.26. The van der Waals surface area contributed by atoms with Gasteiger partial charge in [0.05, 0.1) is 22.2 Å². The highest BCUT2D eigenvalue weighted by atomic mass is 15.0. The van der Waals surface area contributed by atoms with E-state index in [1.807, 2.05) is 73.8 Å². The monoisotopic (exact) mass is 704 g/mol.